The summed E-state index contributed by atoms with van der Waals surface area (Å²) in [6, 6.07) is 7.85. The Labute approximate surface area is 190 Å². The molecule has 1 unspecified atom stereocenters. The van der Waals surface area contributed by atoms with E-state index in [4.69, 9.17) is 23.7 Å². The minimum Gasteiger partial charge on any atom is -0.496 e. The molecule has 0 N–H and O–H groups in total. The SMILES string of the molecule is COc1cc(C2C3=C(COC3=O)N(C3CCC3)c3cc4c(cc32)OCO4)cc(OC)c1C=O. The van der Waals surface area contributed by atoms with E-state index in [1.54, 1.807) is 12.1 Å². The smallest absolute Gasteiger partial charge is 0.337 e. The van der Waals surface area contributed by atoms with Crippen molar-refractivity contribution in [2.45, 2.75) is 31.2 Å². The topological polar surface area (TPSA) is 83.5 Å². The van der Waals surface area contributed by atoms with Gasteiger partial charge in [0.25, 0.3) is 0 Å². The monoisotopic (exact) mass is 449 g/mol. The molecule has 2 aromatic carbocycles. The summed E-state index contributed by atoms with van der Waals surface area (Å²) in [6.45, 7) is 0.396. The molecule has 1 aliphatic carbocycles. The van der Waals surface area contributed by atoms with Gasteiger partial charge in [0.15, 0.2) is 17.8 Å². The molecule has 8 nitrogen and oxygen atoms in total. The highest BCUT2D eigenvalue weighted by molar-refractivity contribution is 5.98. The van der Waals surface area contributed by atoms with Gasteiger partial charge in [-0.3, -0.25) is 4.79 Å². The molecule has 170 valence electrons. The van der Waals surface area contributed by atoms with E-state index < -0.39 is 5.92 Å². The highest BCUT2D eigenvalue weighted by atomic mass is 16.7. The van der Waals surface area contributed by atoms with Gasteiger partial charge in [-0.15, -0.1) is 0 Å². The van der Waals surface area contributed by atoms with Gasteiger partial charge in [-0.1, -0.05) is 0 Å². The van der Waals surface area contributed by atoms with E-state index in [9.17, 15) is 9.59 Å². The van der Waals surface area contributed by atoms with Crippen molar-refractivity contribution >= 4 is 17.9 Å². The highest BCUT2D eigenvalue weighted by Gasteiger charge is 2.46. The third kappa shape index (κ3) is 2.83. The Hall–Kier alpha value is -3.68. The molecular formula is C25H23NO7. The number of esters is 1. The van der Waals surface area contributed by atoms with Gasteiger partial charge < -0.3 is 28.6 Å². The molecule has 1 fully saturated rings. The lowest BCUT2D eigenvalue weighted by Crippen LogP contribution is -2.43. The largest absolute Gasteiger partial charge is 0.496 e. The van der Waals surface area contributed by atoms with Crippen LogP contribution in [0.4, 0.5) is 5.69 Å². The van der Waals surface area contributed by atoms with E-state index in [2.05, 4.69) is 4.90 Å². The van der Waals surface area contributed by atoms with Gasteiger partial charge in [0.2, 0.25) is 6.79 Å². The van der Waals surface area contributed by atoms with Crippen molar-refractivity contribution in [3.05, 3.63) is 52.2 Å². The zero-order valence-corrected chi connectivity index (χ0v) is 18.4. The normalized spacial score (nSPS) is 20.7. The summed E-state index contributed by atoms with van der Waals surface area (Å²) in [4.78, 5) is 27.0. The molecule has 1 atom stereocenters. The number of aldehydes is 1. The summed E-state index contributed by atoms with van der Waals surface area (Å²) in [5.41, 5.74) is 4.50. The van der Waals surface area contributed by atoms with Gasteiger partial charge in [0, 0.05) is 23.7 Å². The van der Waals surface area contributed by atoms with E-state index in [0.29, 0.717) is 46.5 Å². The Bertz CT molecular complexity index is 1190. The van der Waals surface area contributed by atoms with E-state index >= 15 is 0 Å². The average molecular weight is 449 g/mol. The van der Waals surface area contributed by atoms with Gasteiger partial charge in [-0.2, -0.15) is 0 Å². The van der Waals surface area contributed by atoms with Gasteiger partial charge in [0.1, 0.15) is 18.1 Å². The lowest BCUT2D eigenvalue weighted by molar-refractivity contribution is -0.136. The van der Waals surface area contributed by atoms with Crippen LogP contribution in [0.2, 0.25) is 0 Å². The first kappa shape index (κ1) is 20.0. The van der Waals surface area contributed by atoms with E-state index in [1.165, 1.54) is 14.2 Å². The van der Waals surface area contributed by atoms with Gasteiger partial charge in [0.05, 0.1) is 31.1 Å². The maximum Gasteiger partial charge on any atom is 0.337 e. The highest BCUT2D eigenvalue weighted by Crippen LogP contribution is 2.54. The van der Waals surface area contributed by atoms with Crippen molar-refractivity contribution in [3.8, 4) is 23.0 Å². The Morgan fingerprint density at radius 2 is 1.70 bits per heavy atom. The number of rotatable bonds is 5. The zero-order chi connectivity index (χ0) is 22.7. The molecule has 8 heteroatoms. The number of methoxy groups -OCH3 is 2. The van der Waals surface area contributed by atoms with Crippen LogP contribution in [0.3, 0.4) is 0 Å². The van der Waals surface area contributed by atoms with Crippen molar-refractivity contribution in [2.75, 3.05) is 32.5 Å². The molecule has 0 aromatic heterocycles. The van der Waals surface area contributed by atoms with Gasteiger partial charge >= 0.3 is 5.97 Å². The fourth-order valence-electron chi connectivity index (χ4n) is 5.23. The molecule has 33 heavy (non-hydrogen) atoms. The van der Waals surface area contributed by atoms with Crippen LogP contribution < -0.4 is 23.8 Å². The first-order valence-electron chi connectivity index (χ1n) is 11.0. The van der Waals surface area contributed by atoms with Crippen LogP contribution in [0, 0.1) is 0 Å². The maximum atomic E-state index is 13.1. The first-order chi connectivity index (χ1) is 16.1. The molecular weight excluding hydrogens is 426 g/mol. The Kier molecular flexibility index (Phi) is 4.50. The number of fused-ring (bicyclic) bond motifs is 2. The van der Waals surface area contributed by atoms with Crippen molar-refractivity contribution in [1.82, 2.24) is 0 Å². The molecule has 0 spiro atoms. The van der Waals surface area contributed by atoms with Crippen LogP contribution in [-0.2, 0) is 9.53 Å². The minimum absolute atomic E-state index is 0.164. The molecule has 3 heterocycles. The Balaban J connectivity index is 1.61. The second-order valence-corrected chi connectivity index (χ2v) is 8.55. The maximum absolute atomic E-state index is 13.1. The summed E-state index contributed by atoms with van der Waals surface area (Å²) in [7, 11) is 3.01. The first-order valence-corrected chi connectivity index (χ1v) is 11.0. The molecule has 6 rings (SSSR count). The summed E-state index contributed by atoms with van der Waals surface area (Å²) in [6.07, 6.45) is 3.98. The second-order valence-electron chi connectivity index (χ2n) is 8.55. The number of hydrogen-bond donors (Lipinski definition) is 0. The quantitative estimate of drug-likeness (QED) is 0.506. The third-order valence-corrected chi connectivity index (χ3v) is 7.00. The number of cyclic esters (lactones) is 1. The van der Waals surface area contributed by atoms with Crippen LogP contribution >= 0.6 is 0 Å². The van der Waals surface area contributed by atoms with Crippen LogP contribution in [0.25, 0.3) is 0 Å². The number of carbonyl (C=O) groups is 2. The zero-order valence-electron chi connectivity index (χ0n) is 18.4. The second kappa shape index (κ2) is 7.43. The summed E-state index contributed by atoms with van der Waals surface area (Å²) in [5.74, 6) is 1.34. The standard InChI is InChI=1S/C25H23NO7/c1-29-19-6-13(7-20(30-2)16(19)10-27)23-15-8-21-22(33-12-32-21)9-17(15)26(14-4-3-5-14)18-11-31-25(28)24(18)23/h6-10,14,23H,3-5,11-12H2,1-2H3. The summed E-state index contributed by atoms with van der Waals surface area (Å²) in [5, 5.41) is 0. The summed E-state index contributed by atoms with van der Waals surface area (Å²) >= 11 is 0. The van der Waals surface area contributed by atoms with Crippen molar-refractivity contribution in [1.29, 1.82) is 0 Å². The Morgan fingerprint density at radius 1 is 1.00 bits per heavy atom. The predicted octanol–water partition coefficient (Wildman–Crippen LogP) is 3.56. The van der Waals surface area contributed by atoms with Crippen LogP contribution in [0.15, 0.2) is 35.5 Å². The van der Waals surface area contributed by atoms with Crippen molar-refractivity contribution in [2.24, 2.45) is 0 Å². The van der Waals surface area contributed by atoms with Crippen molar-refractivity contribution in [3.63, 3.8) is 0 Å². The van der Waals surface area contributed by atoms with E-state index in [0.717, 1.165) is 41.8 Å². The number of benzene rings is 2. The number of ether oxygens (including phenoxy) is 5. The summed E-state index contributed by atoms with van der Waals surface area (Å²) < 4.78 is 27.9. The third-order valence-electron chi connectivity index (χ3n) is 7.00. The molecule has 0 radical (unpaired) electrons. The molecule has 0 saturated heterocycles. The van der Waals surface area contributed by atoms with E-state index in [-0.39, 0.29) is 19.4 Å². The molecule has 2 aromatic rings. The fraction of sp³-hybridized carbons (Fsp3) is 0.360. The van der Waals surface area contributed by atoms with Crippen LogP contribution in [-0.4, -0.2) is 45.9 Å². The Morgan fingerprint density at radius 3 is 2.30 bits per heavy atom. The van der Waals surface area contributed by atoms with Crippen LogP contribution in [0.1, 0.15) is 46.7 Å². The molecule has 3 aliphatic heterocycles. The van der Waals surface area contributed by atoms with Crippen molar-refractivity contribution < 1.29 is 33.3 Å². The minimum atomic E-state index is -0.431. The molecule has 0 bridgehead atoms. The number of nitrogens with zero attached hydrogens (tertiary/aromatic N) is 1. The fourth-order valence-corrected chi connectivity index (χ4v) is 5.23. The van der Waals surface area contributed by atoms with Gasteiger partial charge in [-0.05, 0) is 48.6 Å². The predicted molar refractivity (Wildman–Crippen MR) is 117 cm³/mol. The molecule has 0 amide bonds. The molecule has 1 saturated carbocycles. The lowest BCUT2D eigenvalue weighted by Gasteiger charge is -2.44. The average Bonchev–Trinajstić information content (AvgIpc) is 3.42. The van der Waals surface area contributed by atoms with E-state index in [1.807, 2.05) is 12.1 Å². The van der Waals surface area contributed by atoms with Gasteiger partial charge in [-0.25, -0.2) is 4.79 Å². The van der Waals surface area contributed by atoms with Crippen LogP contribution in [0.5, 0.6) is 23.0 Å². The lowest BCUT2D eigenvalue weighted by atomic mass is 9.78. The molecule has 4 aliphatic rings. The number of carbonyl (C=O) groups excluding carboxylic acids is 2. The number of anilines is 1. The number of hydrogen-bond acceptors (Lipinski definition) is 8.